The first-order valence-electron chi connectivity index (χ1n) is 6.75. The number of esters is 1. The normalized spacial score (nSPS) is 21.6. The van der Waals surface area contributed by atoms with Crippen LogP contribution in [0.3, 0.4) is 0 Å². The van der Waals surface area contributed by atoms with Crippen molar-refractivity contribution in [2.45, 2.75) is 18.3 Å². The van der Waals surface area contributed by atoms with Crippen LogP contribution >= 0.6 is 11.8 Å². The highest BCUT2D eigenvalue weighted by atomic mass is 32.2. The number of ether oxygens (including phenoxy) is 1. The fourth-order valence-corrected chi connectivity index (χ4v) is 3.52. The van der Waals surface area contributed by atoms with Crippen LogP contribution < -0.4 is 10.7 Å². The number of thioether (sulfide) groups is 1. The van der Waals surface area contributed by atoms with Gasteiger partial charge in [-0.05, 0) is 19.1 Å². The van der Waals surface area contributed by atoms with Gasteiger partial charge in [0.1, 0.15) is 17.9 Å². The minimum absolute atomic E-state index is 0.0636. The molecule has 0 saturated carbocycles. The van der Waals surface area contributed by atoms with E-state index in [9.17, 15) is 9.59 Å². The third-order valence-corrected chi connectivity index (χ3v) is 4.59. The molecule has 5 nitrogen and oxygen atoms in total. The van der Waals surface area contributed by atoms with Crippen LogP contribution in [0.4, 0.5) is 0 Å². The molecule has 1 aromatic heterocycles. The highest BCUT2D eigenvalue weighted by Crippen LogP contribution is 2.32. The van der Waals surface area contributed by atoms with Crippen LogP contribution in [0, 0.1) is 0 Å². The van der Waals surface area contributed by atoms with E-state index < -0.39 is 0 Å². The Hall–Kier alpha value is -1.79. The number of carbonyl (C=O) groups is 1. The van der Waals surface area contributed by atoms with Crippen LogP contribution in [0.5, 0.6) is 0 Å². The zero-order valence-electron chi connectivity index (χ0n) is 11.5. The van der Waals surface area contributed by atoms with Crippen molar-refractivity contribution < 1.29 is 13.9 Å². The Morgan fingerprint density at radius 3 is 3.10 bits per heavy atom. The average molecular weight is 305 g/mol. The van der Waals surface area contributed by atoms with Gasteiger partial charge in [0.15, 0.2) is 5.43 Å². The van der Waals surface area contributed by atoms with Gasteiger partial charge in [0.25, 0.3) is 0 Å². The molecular weight excluding hydrogens is 290 g/mol. The van der Waals surface area contributed by atoms with Crippen molar-refractivity contribution in [1.29, 1.82) is 0 Å². The standard InChI is InChI=1S/C15H15NO4S/c1-2-19-15(18)11-8-21-14(16-11)10-7-20-12-6-4-3-5-9(12)13(10)17/h3-7,11,14,16H,2,8H2,1H3/t11-,14+/m1/s1. The third kappa shape index (κ3) is 2.69. The summed E-state index contributed by atoms with van der Waals surface area (Å²) in [5.41, 5.74) is 1.04. The molecule has 0 radical (unpaired) electrons. The molecule has 2 aromatic rings. The highest BCUT2D eigenvalue weighted by molar-refractivity contribution is 7.99. The highest BCUT2D eigenvalue weighted by Gasteiger charge is 2.33. The van der Waals surface area contributed by atoms with Gasteiger partial charge in [0.2, 0.25) is 0 Å². The van der Waals surface area contributed by atoms with Gasteiger partial charge in [-0.25, -0.2) is 0 Å². The van der Waals surface area contributed by atoms with Crippen molar-refractivity contribution in [3.05, 3.63) is 46.3 Å². The van der Waals surface area contributed by atoms with Gasteiger partial charge < -0.3 is 9.15 Å². The van der Waals surface area contributed by atoms with E-state index >= 15 is 0 Å². The zero-order chi connectivity index (χ0) is 14.8. The van der Waals surface area contributed by atoms with Crippen LogP contribution in [0.2, 0.25) is 0 Å². The lowest BCUT2D eigenvalue weighted by atomic mass is 10.1. The number of carbonyl (C=O) groups excluding carboxylic acids is 1. The largest absolute Gasteiger partial charge is 0.465 e. The van der Waals surface area contributed by atoms with Gasteiger partial charge in [-0.2, -0.15) is 0 Å². The second-order valence-electron chi connectivity index (χ2n) is 4.70. The van der Waals surface area contributed by atoms with E-state index in [2.05, 4.69) is 5.32 Å². The molecule has 6 heteroatoms. The van der Waals surface area contributed by atoms with Crippen LogP contribution in [-0.4, -0.2) is 24.4 Å². The van der Waals surface area contributed by atoms with Gasteiger partial charge >= 0.3 is 5.97 Å². The second-order valence-corrected chi connectivity index (χ2v) is 5.84. The van der Waals surface area contributed by atoms with Crippen LogP contribution in [0.1, 0.15) is 17.9 Å². The van der Waals surface area contributed by atoms with Crippen LogP contribution in [-0.2, 0) is 9.53 Å². The lowest BCUT2D eigenvalue weighted by molar-refractivity contribution is -0.144. The predicted octanol–water partition coefficient (Wildman–Crippen LogP) is 2.06. The van der Waals surface area contributed by atoms with Crippen LogP contribution in [0.15, 0.2) is 39.7 Å². The first-order valence-corrected chi connectivity index (χ1v) is 7.80. The second kappa shape index (κ2) is 5.91. The molecule has 110 valence electrons. The summed E-state index contributed by atoms with van der Waals surface area (Å²) in [5, 5.41) is 3.43. The Balaban J connectivity index is 1.87. The van der Waals surface area contributed by atoms with E-state index in [0.29, 0.717) is 28.9 Å². The van der Waals surface area contributed by atoms with E-state index in [4.69, 9.17) is 9.15 Å². The smallest absolute Gasteiger partial charge is 0.324 e. The van der Waals surface area contributed by atoms with E-state index in [-0.39, 0.29) is 22.8 Å². The molecule has 2 heterocycles. The van der Waals surface area contributed by atoms with Crippen molar-refractivity contribution in [1.82, 2.24) is 5.32 Å². The number of hydrogen-bond donors (Lipinski definition) is 1. The van der Waals surface area contributed by atoms with Gasteiger partial charge in [0.05, 0.1) is 22.9 Å². The summed E-state index contributed by atoms with van der Waals surface area (Å²) in [5.74, 6) is 0.299. The zero-order valence-corrected chi connectivity index (χ0v) is 12.3. The van der Waals surface area contributed by atoms with Gasteiger partial charge in [-0.3, -0.25) is 14.9 Å². The summed E-state index contributed by atoms with van der Waals surface area (Å²) < 4.78 is 10.5. The SMILES string of the molecule is CCOC(=O)[C@H]1CS[C@@H](c2coc3ccccc3c2=O)N1. The Morgan fingerprint density at radius 1 is 1.48 bits per heavy atom. The molecule has 0 aliphatic carbocycles. The quantitative estimate of drug-likeness (QED) is 0.876. The van der Waals surface area contributed by atoms with E-state index in [1.54, 1.807) is 25.1 Å². The topological polar surface area (TPSA) is 68.5 Å². The molecule has 0 bridgehead atoms. The fraction of sp³-hybridized carbons (Fsp3) is 0.333. The number of nitrogens with one attached hydrogen (secondary N) is 1. The molecule has 1 aliphatic heterocycles. The maximum atomic E-state index is 12.5. The molecule has 0 unspecified atom stereocenters. The molecule has 1 saturated heterocycles. The molecule has 3 rings (SSSR count). The molecule has 1 aliphatic rings. The number of benzene rings is 1. The number of rotatable bonds is 3. The Bertz CT molecular complexity index is 727. The van der Waals surface area contributed by atoms with Gasteiger partial charge in [-0.1, -0.05) is 12.1 Å². The van der Waals surface area contributed by atoms with Gasteiger partial charge in [-0.15, -0.1) is 11.8 Å². The third-order valence-electron chi connectivity index (χ3n) is 3.34. The molecular formula is C15H15NO4S. The maximum Gasteiger partial charge on any atom is 0.324 e. The maximum absolute atomic E-state index is 12.5. The lowest BCUT2D eigenvalue weighted by Crippen LogP contribution is -2.36. The number of fused-ring (bicyclic) bond motifs is 1. The van der Waals surface area contributed by atoms with Crippen molar-refractivity contribution >= 4 is 28.7 Å². The monoisotopic (exact) mass is 305 g/mol. The van der Waals surface area contributed by atoms with E-state index in [1.165, 1.54) is 18.0 Å². The molecule has 2 atom stereocenters. The lowest BCUT2D eigenvalue weighted by Gasteiger charge is -2.12. The summed E-state index contributed by atoms with van der Waals surface area (Å²) in [4.78, 5) is 24.2. The summed E-state index contributed by atoms with van der Waals surface area (Å²) >= 11 is 1.51. The summed E-state index contributed by atoms with van der Waals surface area (Å²) in [6.07, 6.45) is 1.48. The predicted molar refractivity (Wildman–Crippen MR) is 81.2 cm³/mol. The van der Waals surface area contributed by atoms with Crippen LogP contribution in [0.25, 0.3) is 11.0 Å². The Morgan fingerprint density at radius 2 is 2.29 bits per heavy atom. The number of para-hydroxylation sites is 1. The fourth-order valence-electron chi connectivity index (χ4n) is 2.30. The molecule has 21 heavy (non-hydrogen) atoms. The minimum Gasteiger partial charge on any atom is -0.465 e. The molecule has 0 amide bonds. The minimum atomic E-state index is -0.383. The molecule has 0 spiro atoms. The van der Waals surface area contributed by atoms with Crippen molar-refractivity contribution in [3.8, 4) is 0 Å². The first-order chi connectivity index (χ1) is 10.2. The first kappa shape index (κ1) is 14.2. The Kier molecular flexibility index (Phi) is 3.98. The summed E-state index contributed by atoms with van der Waals surface area (Å²) in [6, 6.07) is 6.75. The molecule has 1 N–H and O–H groups in total. The van der Waals surface area contributed by atoms with Gasteiger partial charge in [0, 0.05) is 5.75 Å². The van der Waals surface area contributed by atoms with Crippen molar-refractivity contribution in [3.63, 3.8) is 0 Å². The Labute approximate surface area is 125 Å². The number of hydrogen-bond acceptors (Lipinski definition) is 6. The summed E-state index contributed by atoms with van der Waals surface area (Å²) in [7, 11) is 0. The summed E-state index contributed by atoms with van der Waals surface area (Å²) in [6.45, 7) is 2.12. The van der Waals surface area contributed by atoms with E-state index in [0.717, 1.165) is 0 Å². The van der Waals surface area contributed by atoms with E-state index in [1.807, 2.05) is 6.07 Å². The van der Waals surface area contributed by atoms with Crippen molar-refractivity contribution in [2.75, 3.05) is 12.4 Å². The average Bonchev–Trinajstić information content (AvgIpc) is 2.98. The molecule has 1 aromatic carbocycles. The molecule has 1 fully saturated rings. The van der Waals surface area contributed by atoms with Crippen molar-refractivity contribution in [2.24, 2.45) is 0 Å².